The third-order valence-corrected chi connectivity index (χ3v) is 4.70. The van der Waals surface area contributed by atoms with Crippen LogP contribution in [0.4, 0.5) is 5.69 Å². The van der Waals surface area contributed by atoms with Crippen molar-refractivity contribution in [1.82, 2.24) is 10.6 Å². The number of carbonyl (C=O) groups is 1. The van der Waals surface area contributed by atoms with Crippen LogP contribution in [0.2, 0.25) is 0 Å². The van der Waals surface area contributed by atoms with Crippen LogP contribution >= 0.6 is 0 Å². The molecule has 1 atom stereocenters. The third kappa shape index (κ3) is 6.91. The summed E-state index contributed by atoms with van der Waals surface area (Å²) >= 11 is 0. The quantitative estimate of drug-likeness (QED) is 0.371. The Morgan fingerprint density at radius 1 is 1.17 bits per heavy atom. The Kier molecular flexibility index (Phi) is 8.47. The molecule has 0 bridgehead atoms. The van der Waals surface area contributed by atoms with Crippen LogP contribution in [-0.2, 0) is 16.9 Å². The molecule has 0 fully saturated rings. The number of amides is 1. The SMILES string of the molecule is CCCC(=O)Nc1ccc(CN=C(NCC)NCC(C)(O)c2cc(C)oc2C)cc1. The van der Waals surface area contributed by atoms with Gasteiger partial charge in [-0.05, 0) is 57.9 Å². The zero-order chi connectivity index (χ0) is 22.1. The number of guanidine groups is 1. The lowest BCUT2D eigenvalue weighted by molar-refractivity contribution is -0.116. The lowest BCUT2D eigenvalue weighted by Gasteiger charge is -2.24. The summed E-state index contributed by atoms with van der Waals surface area (Å²) in [6.45, 7) is 10.9. The normalized spacial score (nSPS) is 13.6. The zero-order valence-electron chi connectivity index (χ0n) is 18.6. The summed E-state index contributed by atoms with van der Waals surface area (Å²) in [5.74, 6) is 2.14. The van der Waals surface area contributed by atoms with Gasteiger partial charge in [0.05, 0.1) is 13.1 Å². The number of furan rings is 1. The monoisotopic (exact) mass is 414 g/mol. The van der Waals surface area contributed by atoms with Gasteiger partial charge in [-0.1, -0.05) is 19.1 Å². The van der Waals surface area contributed by atoms with Gasteiger partial charge in [0.15, 0.2) is 5.96 Å². The maximum atomic E-state index is 11.7. The van der Waals surface area contributed by atoms with E-state index in [2.05, 4.69) is 20.9 Å². The number of aliphatic imine (C=N–C) groups is 1. The van der Waals surface area contributed by atoms with E-state index >= 15 is 0 Å². The summed E-state index contributed by atoms with van der Waals surface area (Å²) in [5.41, 5.74) is 1.49. The highest BCUT2D eigenvalue weighted by molar-refractivity contribution is 5.90. The molecular formula is C23H34N4O3. The van der Waals surface area contributed by atoms with E-state index in [4.69, 9.17) is 4.42 Å². The number of aryl methyl sites for hydroxylation is 2. The molecule has 1 unspecified atom stereocenters. The summed E-state index contributed by atoms with van der Waals surface area (Å²) in [6, 6.07) is 9.52. The van der Waals surface area contributed by atoms with Crippen LogP contribution in [-0.4, -0.2) is 30.1 Å². The van der Waals surface area contributed by atoms with E-state index in [0.29, 0.717) is 37.8 Å². The summed E-state index contributed by atoms with van der Waals surface area (Å²) in [4.78, 5) is 16.3. The van der Waals surface area contributed by atoms with Crippen molar-refractivity contribution in [3.05, 3.63) is 53.0 Å². The summed E-state index contributed by atoms with van der Waals surface area (Å²) in [6.07, 6.45) is 1.34. The molecule has 0 radical (unpaired) electrons. The first kappa shape index (κ1) is 23.5. The summed E-state index contributed by atoms with van der Waals surface area (Å²) in [5, 5.41) is 20.2. The molecule has 7 nitrogen and oxygen atoms in total. The second kappa shape index (κ2) is 10.8. The number of rotatable bonds is 9. The van der Waals surface area contributed by atoms with Gasteiger partial charge in [-0.3, -0.25) is 4.79 Å². The molecule has 30 heavy (non-hydrogen) atoms. The summed E-state index contributed by atoms with van der Waals surface area (Å²) < 4.78 is 5.55. The van der Waals surface area contributed by atoms with E-state index in [9.17, 15) is 9.90 Å². The Balaban J connectivity index is 1.98. The fraction of sp³-hybridized carbons (Fsp3) is 0.478. The van der Waals surface area contributed by atoms with E-state index < -0.39 is 5.60 Å². The number of nitrogens with zero attached hydrogens (tertiary/aromatic N) is 1. The molecular weight excluding hydrogens is 380 g/mol. The maximum absolute atomic E-state index is 11.7. The van der Waals surface area contributed by atoms with Crippen molar-refractivity contribution >= 4 is 17.6 Å². The van der Waals surface area contributed by atoms with Crippen molar-refractivity contribution in [3.63, 3.8) is 0 Å². The Labute approximate surface area is 179 Å². The van der Waals surface area contributed by atoms with E-state index in [0.717, 1.165) is 29.0 Å². The summed E-state index contributed by atoms with van der Waals surface area (Å²) in [7, 11) is 0. The van der Waals surface area contributed by atoms with Gasteiger partial charge in [-0.15, -0.1) is 0 Å². The number of hydrogen-bond donors (Lipinski definition) is 4. The second-order valence-corrected chi connectivity index (χ2v) is 7.64. The van der Waals surface area contributed by atoms with Crippen molar-refractivity contribution in [2.75, 3.05) is 18.4 Å². The highest BCUT2D eigenvalue weighted by Crippen LogP contribution is 2.26. The Bertz CT molecular complexity index is 854. The molecule has 0 spiro atoms. The van der Waals surface area contributed by atoms with E-state index in [-0.39, 0.29) is 5.91 Å². The Morgan fingerprint density at radius 2 is 1.87 bits per heavy atom. The van der Waals surface area contributed by atoms with E-state index in [1.807, 2.05) is 58.0 Å². The Hall–Kier alpha value is -2.80. The zero-order valence-corrected chi connectivity index (χ0v) is 18.6. The molecule has 4 N–H and O–H groups in total. The fourth-order valence-corrected chi connectivity index (χ4v) is 3.17. The molecule has 0 aliphatic carbocycles. The lowest BCUT2D eigenvalue weighted by Crippen LogP contribution is -2.44. The van der Waals surface area contributed by atoms with Crippen molar-refractivity contribution in [1.29, 1.82) is 0 Å². The minimum Gasteiger partial charge on any atom is -0.466 e. The minimum atomic E-state index is -1.09. The molecule has 2 rings (SSSR count). The number of anilines is 1. The van der Waals surface area contributed by atoms with Crippen LogP contribution in [0.1, 0.15) is 56.3 Å². The predicted molar refractivity (Wildman–Crippen MR) is 121 cm³/mol. The predicted octanol–water partition coefficient (Wildman–Crippen LogP) is 3.60. The first-order valence-electron chi connectivity index (χ1n) is 10.5. The molecule has 2 aromatic rings. The van der Waals surface area contributed by atoms with Gasteiger partial charge in [0.2, 0.25) is 5.91 Å². The molecule has 1 aromatic carbocycles. The largest absolute Gasteiger partial charge is 0.466 e. The number of hydrogen-bond acceptors (Lipinski definition) is 4. The second-order valence-electron chi connectivity index (χ2n) is 7.64. The number of nitrogens with one attached hydrogen (secondary N) is 3. The molecule has 7 heteroatoms. The van der Waals surface area contributed by atoms with Crippen molar-refractivity contribution in [2.45, 2.75) is 59.6 Å². The van der Waals surface area contributed by atoms with Crippen LogP contribution in [0.5, 0.6) is 0 Å². The highest BCUT2D eigenvalue weighted by atomic mass is 16.3. The van der Waals surface area contributed by atoms with Crippen LogP contribution in [0.3, 0.4) is 0 Å². The molecule has 0 aliphatic rings. The van der Waals surface area contributed by atoms with E-state index in [1.54, 1.807) is 6.92 Å². The van der Waals surface area contributed by atoms with Gasteiger partial charge >= 0.3 is 0 Å². The first-order chi connectivity index (χ1) is 14.2. The number of carbonyl (C=O) groups excluding carboxylic acids is 1. The van der Waals surface area contributed by atoms with Crippen LogP contribution < -0.4 is 16.0 Å². The highest BCUT2D eigenvalue weighted by Gasteiger charge is 2.27. The molecule has 0 saturated heterocycles. The van der Waals surface area contributed by atoms with Crippen molar-refractivity contribution in [3.8, 4) is 0 Å². The van der Waals surface area contributed by atoms with Gasteiger partial charge in [-0.25, -0.2) is 4.99 Å². The molecule has 1 aromatic heterocycles. The van der Waals surface area contributed by atoms with Gasteiger partial charge in [0.1, 0.15) is 17.1 Å². The van der Waals surface area contributed by atoms with Gasteiger partial charge in [0.25, 0.3) is 0 Å². The van der Waals surface area contributed by atoms with Crippen LogP contribution in [0.25, 0.3) is 0 Å². The first-order valence-corrected chi connectivity index (χ1v) is 10.5. The van der Waals surface area contributed by atoms with Crippen LogP contribution in [0.15, 0.2) is 39.7 Å². The lowest BCUT2D eigenvalue weighted by atomic mass is 9.96. The average molecular weight is 415 g/mol. The fourth-order valence-electron chi connectivity index (χ4n) is 3.17. The standard InChI is InChI=1S/C23H34N4O3/c1-6-8-21(28)27-19-11-9-18(10-12-19)14-25-22(24-7-2)26-15-23(5,29)20-13-16(3)30-17(20)4/h9-13,29H,6-8,14-15H2,1-5H3,(H,27,28)(H2,24,25,26). The van der Waals surface area contributed by atoms with Crippen molar-refractivity contribution in [2.24, 2.45) is 4.99 Å². The van der Waals surface area contributed by atoms with Crippen LogP contribution in [0, 0.1) is 13.8 Å². The van der Waals surface area contributed by atoms with Crippen molar-refractivity contribution < 1.29 is 14.3 Å². The average Bonchev–Trinajstić information content (AvgIpc) is 3.04. The van der Waals surface area contributed by atoms with Gasteiger partial charge in [-0.2, -0.15) is 0 Å². The van der Waals surface area contributed by atoms with Gasteiger partial charge < -0.3 is 25.5 Å². The molecule has 1 amide bonds. The molecule has 0 saturated carbocycles. The topological polar surface area (TPSA) is 98.9 Å². The number of aliphatic hydroxyl groups is 1. The Morgan fingerprint density at radius 3 is 2.43 bits per heavy atom. The molecule has 1 heterocycles. The number of benzene rings is 1. The van der Waals surface area contributed by atoms with E-state index in [1.165, 1.54) is 0 Å². The third-order valence-electron chi connectivity index (χ3n) is 4.70. The molecule has 0 aliphatic heterocycles. The molecule has 164 valence electrons. The maximum Gasteiger partial charge on any atom is 0.224 e. The van der Waals surface area contributed by atoms with Gasteiger partial charge in [0, 0.05) is 24.2 Å². The smallest absolute Gasteiger partial charge is 0.224 e. The minimum absolute atomic E-state index is 0.0250.